The molecular formula is C7H3BrClNOS. The van der Waals surface area contributed by atoms with E-state index >= 15 is 0 Å². The van der Waals surface area contributed by atoms with Gasteiger partial charge >= 0.3 is 0 Å². The van der Waals surface area contributed by atoms with Crippen molar-refractivity contribution in [1.29, 1.82) is 0 Å². The topological polar surface area (TPSA) is 32.9 Å². The summed E-state index contributed by atoms with van der Waals surface area (Å²) >= 11 is 10.6. The fourth-order valence-corrected chi connectivity index (χ4v) is 2.89. The van der Waals surface area contributed by atoms with Gasteiger partial charge < -0.3 is 4.98 Å². The average Bonchev–Trinajstić information content (AvgIpc) is 2.42. The van der Waals surface area contributed by atoms with Gasteiger partial charge in [-0.25, -0.2) is 0 Å². The lowest BCUT2D eigenvalue weighted by atomic mass is 10.3. The number of thiophene rings is 1. The molecule has 1 N–H and O–H groups in total. The number of pyridine rings is 1. The molecule has 0 spiro atoms. The van der Waals surface area contributed by atoms with E-state index in [-0.39, 0.29) is 5.56 Å². The Labute approximate surface area is 85.3 Å². The molecule has 0 amide bonds. The average molecular weight is 265 g/mol. The molecule has 0 aliphatic heterocycles. The van der Waals surface area contributed by atoms with Crippen molar-refractivity contribution in [2.45, 2.75) is 0 Å². The summed E-state index contributed by atoms with van der Waals surface area (Å²) < 4.78 is 1.62. The van der Waals surface area contributed by atoms with Crippen LogP contribution < -0.4 is 5.56 Å². The molecule has 2 aromatic heterocycles. The smallest absolute Gasteiger partial charge is 0.257 e. The molecule has 0 aliphatic rings. The number of aromatic amines is 1. The Hall–Kier alpha value is -0.320. The fraction of sp³-hybridized carbons (Fsp3) is 0. The third-order valence-electron chi connectivity index (χ3n) is 1.52. The van der Waals surface area contributed by atoms with E-state index in [4.69, 9.17) is 11.6 Å². The van der Waals surface area contributed by atoms with E-state index in [0.717, 1.165) is 9.17 Å². The predicted octanol–water partition coefficient (Wildman–Crippen LogP) is 3.01. The first-order valence-corrected chi connectivity index (χ1v) is 5.19. The van der Waals surface area contributed by atoms with Crippen LogP contribution in [0, 0.1) is 0 Å². The molecule has 0 radical (unpaired) electrons. The Balaban J connectivity index is 3.09. The number of hydrogen-bond acceptors (Lipinski definition) is 2. The zero-order valence-electron chi connectivity index (χ0n) is 5.73. The molecule has 62 valence electrons. The molecule has 0 saturated carbocycles. The number of rotatable bonds is 0. The van der Waals surface area contributed by atoms with Crippen LogP contribution in [0.15, 0.2) is 20.8 Å². The highest BCUT2D eigenvalue weighted by Crippen LogP contribution is 2.31. The largest absolute Gasteiger partial charge is 0.327 e. The van der Waals surface area contributed by atoms with Crippen LogP contribution in [0.5, 0.6) is 0 Å². The number of nitrogens with one attached hydrogen (secondary N) is 1. The third kappa shape index (κ3) is 1.11. The van der Waals surface area contributed by atoms with Crippen LogP contribution in [-0.4, -0.2) is 4.98 Å². The Kier molecular flexibility index (Phi) is 1.98. The molecule has 2 rings (SSSR count). The summed E-state index contributed by atoms with van der Waals surface area (Å²) in [5, 5.41) is 3.07. The molecule has 0 aromatic carbocycles. The van der Waals surface area contributed by atoms with Crippen molar-refractivity contribution >= 4 is 49.0 Å². The number of aromatic nitrogens is 1. The SMILES string of the molecule is O=c1[nH]cc(Cl)c2scc(Br)c12. The molecule has 0 bridgehead atoms. The molecule has 2 heterocycles. The monoisotopic (exact) mass is 263 g/mol. The summed E-state index contributed by atoms with van der Waals surface area (Å²) in [6.07, 6.45) is 1.51. The van der Waals surface area contributed by atoms with Crippen molar-refractivity contribution in [3.05, 3.63) is 31.4 Å². The highest BCUT2D eigenvalue weighted by Gasteiger charge is 2.08. The van der Waals surface area contributed by atoms with Crippen LogP contribution in [-0.2, 0) is 0 Å². The summed E-state index contributed by atoms with van der Waals surface area (Å²) in [7, 11) is 0. The van der Waals surface area contributed by atoms with E-state index in [1.54, 1.807) is 0 Å². The number of hydrogen-bond donors (Lipinski definition) is 1. The van der Waals surface area contributed by atoms with Gasteiger partial charge in [-0.15, -0.1) is 11.3 Å². The van der Waals surface area contributed by atoms with E-state index in [1.807, 2.05) is 5.38 Å². The Morgan fingerprint density at radius 1 is 1.58 bits per heavy atom. The normalized spacial score (nSPS) is 10.8. The second kappa shape index (κ2) is 2.87. The lowest BCUT2D eigenvalue weighted by Crippen LogP contribution is -2.03. The van der Waals surface area contributed by atoms with Gasteiger partial charge in [-0.2, -0.15) is 0 Å². The van der Waals surface area contributed by atoms with Crippen LogP contribution in [0.1, 0.15) is 0 Å². The molecular weight excluding hydrogens is 262 g/mol. The van der Waals surface area contributed by atoms with Crippen LogP contribution in [0.2, 0.25) is 5.02 Å². The predicted molar refractivity (Wildman–Crippen MR) is 55.2 cm³/mol. The molecule has 0 saturated heterocycles. The molecule has 2 nitrogen and oxygen atoms in total. The maximum absolute atomic E-state index is 11.3. The lowest BCUT2D eigenvalue weighted by Gasteiger charge is -1.91. The van der Waals surface area contributed by atoms with Crippen molar-refractivity contribution in [1.82, 2.24) is 4.98 Å². The van der Waals surface area contributed by atoms with Gasteiger partial charge in [-0.1, -0.05) is 11.6 Å². The van der Waals surface area contributed by atoms with Crippen LogP contribution >= 0.6 is 38.9 Å². The van der Waals surface area contributed by atoms with Crippen LogP contribution in [0.25, 0.3) is 10.1 Å². The van der Waals surface area contributed by atoms with Gasteiger partial charge in [-0.3, -0.25) is 4.79 Å². The minimum Gasteiger partial charge on any atom is -0.327 e. The Morgan fingerprint density at radius 2 is 2.33 bits per heavy atom. The number of fused-ring (bicyclic) bond motifs is 1. The summed E-state index contributed by atoms with van der Waals surface area (Å²) in [6, 6.07) is 0. The van der Waals surface area contributed by atoms with E-state index < -0.39 is 0 Å². The zero-order valence-corrected chi connectivity index (χ0v) is 8.89. The number of halogens is 2. The molecule has 5 heteroatoms. The van der Waals surface area contributed by atoms with Crippen molar-refractivity contribution < 1.29 is 0 Å². The van der Waals surface area contributed by atoms with E-state index in [9.17, 15) is 4.79 Å². The third-order valence-corrected chi connectivity index (χ3v) is 3.87. The minimum atomic E-state index is -0.109. The quantitative estimate of drug-likeness (QED) is 0.779. The van der Waals surface area contributed by atoms with Crippen LogP contribution in [0.4, 0.5) is 0 Å². The molecule has 12 heavy (non-hydrogen) atoms. The standard InChI is InChI=1S/C7H3BrClNOS/c8-3-2-12-6-4(9)1-10-7(11)5(3)6/h1-2H,(H,10,11). The first kappa shape index (κ1) is 8.29. The Bertz CT molecular complexity index is 490. The van der Waals surface area contributed by atoms with Gasteiger partial charge in [0.25, 0.3) is 5.56 Å². The molecule has 2 aromatic rings. The highest BCUT2D eigenvalue weighted by atomic mass is 79.9. The van der Waals surface area contributed by atoms with Gasteiger partial charge in [0.2, 0.25) is 0 Å². The van der Waals surface area contributed by atoms with Gasteiger partial charge in [0, 0.05) is 16.0 Å². The minimum absolute atomic E-state index is 0.109. The van der Waals surface area contributed by atoms with Gasteiger partial charge in [0.15, 0.2) is 0 Å². The lowest BCUT2D eigenvalue weighted by molar-refractivity contribution is 1.28. The second-order valence-corrected chi connectivity index (χ2v) is 4.39. The van der Waals surface area contributed by atoms with Crippen molar-refractivity contribution in [3.8, 4) is 0 Å². The molecule has 0 aliphatic carbocycles. The van der Waals surface area contributed by atoms with Gasteiger partial charge in [0.1, 0.15) is 0 Å². The second-order valence-electron chi connectivity index (χ2n) is 2.25. The fourth-order valence-electron chi connectivity index (χ4n) is 0.991. The summed E-state index contributed by atoms with van der Waals surface area (Å²) in [5.41, 5.74) is -0.109. The highest BCUT2D eigenvalue weighted by molar-refractivity contribution is 9.10. The first-order chi connectivity index (χ1) is 5.70. The molecule has 0 fully saturated rings. The summed E-state index contributed by atoms with van der Waals surface area (Å²) in [5.74, 6) is 0. The molecule has 0 unspecified atom stereocenters. The van der Waals surface area contributed by atoms with Crippen molar-refractivity contribution in [3.63, 3.8) is 0 Å². The molecule has 0 atom stereocenters. The van der Waals surface area contributed by atoms with Gasteiger partial charge in [0.05, 0.1) is 15.1 Å². The van der Waals surface area contributed by atoms with E-state index in [0.29, 0.717) is 10.4 Å². The first-order valence-electron chi connectivity index (χ1n) is 3.14. The maximum Gasteiger partial charge on any atom is 0.257 e. The maximum atomic E-state index is 11.3. The summed E-state index contributed by atoms with van der Waals surface area (Å²) in [6.45, 7) is 0. The number of H-pyrrole nitrogens is 1. The van der Waals surface area contributed by atoms with E-state index in [1.165, 1.54) is 17.5 Å². The van der Waals surface area contributed by atoms with Crippen LogP contribution in [0.3, 0.4) is 0 Å². The van der Waals surface area contributed by atoms with E-state index in [2.05, 4.69) is 20.9 Å². The Morgan fingerprint density at radius 3 is 3.00 bits per heavy atom. The van der Waals surface area contributed by atoms with Crippen molar-refractivity contribution in [2.75, 3.05) is 0 Å². The van der Waals surface area contributed by atoms with Gasteiger partial charge in [-0.05, 0) is 15.9 Å². The van der Waals surface area contributed by atoms with Crippen molar-refractivity contribution in [2.24, 2.45) is 0 Å². The summed E-state index contributed by atoms with van der Waals surface area (Å²) in [4.78, 5) is 13.8. The zero-order chi connectivity index (χ0) is 8.72.